The van der Waals surface area contributed by atoms with E-state index >= 15 is 0 Å². The summed E-state index contributed by atoms with van der Waals surface area (Å²) < 4.78 is 118. The van der Waals surface area contributed by atoms with Crippen molar-refractivity contribution in [3.63, 3.8) is 0 Å². The quantitative estimate of drug-likeness (QED) is 0.103. The van der Waals surface area contributed by atoms with Crippen LogP contribution in [-0.4, -0.2) is 66.5 Å². The average molecular weight is 1720 g/mol. The van der Waals surface area contributed by atoms with Crippen LogP contribution in [0.3, 0.4) is 0 Å². The highest BCUT2D eigenvalue weighted by Gasteiger charge is 2.68. The molecule has 15 saturated carbocycles. The summed E-state index contributed by atoms with van der Waals surface area (Å²) in [5.41, 5.74) is -0.131. The molecule has 122 heavy (non-hydrogen) atoms. The number of alkyl halides is 8. The first-order valence-corrected chi connectivity index (χ1v) is 51.9. The Kier molecular flexibility index (Phi) is 27.1. The molecular weight excluding hydrogens is 1540 g/mol. The molecule has 0 bridgehead atoms. The molecule has 0 aromatic heterocycles. The number of allylic oxidation sites excluding steroid dienone is 1. The minimum Gasteiger partial charge on any atom is -0.390 e. The van der Waals surface area contributed by atoms with Crippen LogP contribution in [0.15, 0.2) is 11.6 Å². The van der Waals surface area contributed by atoms with E-state index in [0.717, 1.165) is 156 Å². The van der Waals surface area contributed by atoms with Crippen LogP contribution in [0, 0.1) is 202 Å². The van der Waals surface area contributed by atoms with Crippen molar-refractivity contribution in [2.24, 2.45) is 202 Å². The summed E-state index contributed by atoms with van der Waals surface area (Å²) in [4.78, 5) is 0. The van der Waals surface area contributed by atoms with Crippen LogP contribution in [0.5, 0.6) is 0 Å². The summed E-state index contributed by atoms with van der Waals surface area (Å²) >= 11 is 0. The van der Waals surface area contributed by atoms with Crippen LogP contribution in [-0.2, 0) is 0 Å². The van der Waals surface area contributed by atoms with Gasteiger partial charge in [0.1, 0.15) is 0 Å². The molecule has 0 heterocycles. The molecule has 0 aromatic carbocycles. The zero-order valence-corrected chi connectivity index (χ0v) is 82.9. The second-order valence-electron chi connectivity index (χ2n) is 54.4. The molecule has 35 atom stereocenters. The van der Waals surface area contributed by atoms with Crippen LogP contribution >= 0.6 is 0 Å². The highest BCUT2D eigenvalue weighted by atomic mass is 19.3. The Morgan fingerprint density at radius 1 is 0.295 bits per heavy atom. The van der Waals surface area contributed by atoms with Gasteiger partial charge in [0.05, 0.1) is 22.4 Å². The molecule has 4 N–H and O–H groups in total. The van der Waals surface area contributed by atoms with E-state index in [0.29, 0.717) is 81.3 Å². The number of fused-ring (bicyclic) bond motifs is 20. The first kappa shape index (κ1) is 98.5. The van der Waals surface area contributed by atoms with E-state index in [1.807, 2.05) is 27.7 Å². The van der Waals surface area contributed by atoms with Crippen molar-refractivity contribution in [3.8, 4) is 0 Å². The molecule has 0 spiro atoms. The van der Waals surface area contributed by atoms with Crippen LogP contribution in [0.2, 0.25) is 0 Å². The topological polar surface area (TPSA) is 80.9 Å². The first-order valence-electron chi connectivity index (χ1n) is 51.9. The normalized spacial score (nSPS) is 48.9. The molecule has 15 fully saturated rings. The molecule has 16 aliphatic carbocycles. The molecule has 0 aliphatic heterocycles. The van der Waals surface area contributed by atoms with Crippen molar-refractivity contribution in [3.05, 3.63) is 11.6 Å². The van der Waals surface area contributed by atoms with E-state index in [4.69, 9.17) is 0 Å². The fourth-order valence-electron chi connectivity index (χ4n) is 36.3. The van der Waals surface area contributed by atoms with Gasteiger partial charge in [0.2, 0.25) is 0 Å². The van der Waals surface area contributed by atoms with Gasteiger partial charge in [-0.1, -0.05) is 164 Å². The number of hydrogen-bond donors (Lipinski definition) is 4. The molecule has 16 rings (SSSR count). The van der Waals surface area contributed by atoms with Crippen molar-refractivity contribution in [1.29, 1.82) is 0 Å². The minimum absolute atomic E-state index is 0.0222. The third-order valence-corrected chi connectivity index (χ3v) is 44.5. The number of aliphatic hydroxyl groups is 4. The van der Waals surface area contributed by atoms with Crippen LogP contribution in [0.25, 0.3) is 0 Å². The summed E-state index contributed by atoms with van der Waals surface area (Å²) in [5, 5.41) is 42.7. The Morgan fingerprint density at radius 2 is 0.557 bits per heavy atom. The molecular formula is C110H186F8O4. The summed E-state index contributed by atoms with van der Waals surface area (Å²) in [6.07, 6.45) is 42.9. The molecule has 4 nitrogen and oxygen atoms in total. The van der Waals surface area contributed by atoms with Gasteiger partial charge in [0, 0.05) is 48.3 Å². The third kappa shape index (κ3) is 17.8. The van der Waals surface area contributed by atoms with E-state index in [1.165, 1.54) is 121 Å². The van der Waals surface area contributed by atoms with Gasteiger partial charge in [0.25, 0.3) is 23.7 Å². The van der Waals surface area contributed by atoms with Crippen LogP contribution in [0.4, 0.5) is 35.1 Å². The zero-order valence-electron chi connectivity index (χ0n) is 82.9. The lowest BCUT2D eigenvalue weighted by atomic mass is 9.43. The standard InChI is InChI=1S/C28H48F2O.C28H46F2O.2C27H46F2O/c2*1-18(16-28(29,30)24(2,3)4)21-10-11-22-20-9-8-19-17-25(5,31)14-15-26(19,6)23(20)12-13-27(21,22)7;2*1-17(2)27(28,29)15-18(3)21-9-10-22-20-8-7-19-16-24(4,30)13-14-25(19,5)23(20)11-12-26(21,22)6/h18-23,31H,8-17H2,1-7H3;8,18,20-23,31H,9-17H2,1-7H3;2*17-23,30H,7-16H2,1-6H3/t18-,19+,20+,21-,22+,23+,25+,26+,27-;18-,20+,21-,22+,23+,25+,26+,27-;2*18-,19+,20+,21-,22+,23+,24+,25+,26-/m1111/s1. The Labute approximate surface area is 741 Å². The van der Waals surface area contributed by atoms with Gasteiger partial charge in [0.15, 0.2) is 0 Å². The highest BCUT2D eigenvalue weighted by molar-refractivity contribution is 5.27. The Hall–Kier alpha value is -0.980. The van der Waals surface area contributed by atoms with Crippen molar-refractivity contribution in [2.45, 2.75) is 477 Å². The van der Waals surface area contributed by atoms with Crippen molar-refractivity contribution in [1.82, 2.24) is 0 Å². The van der Waals surface area contributed by atoms with Gasteiger partial charge < -0.3 is 20.4 Å². The largest absolute Gasteiger partial charge is 0.390 e. The first-order chi connectivity index (χ1) is 55.8. The van der Waals surface area contributed by atoms with Crippen molar-refractivity contribution < 1.29 is 55.5 Å². The number of hydrogen-bond acceptors (Lipinski definition) is 4. The fraction of sp³-hybridized carbons (Fsp3) is 0.982. The molecule has 706 valence electrons. The van der Waals surface area contributed by atoms with Gasteiger partial charge in [-0.2, -0.15) is 0 Å². The Morgan fingerprint density at radius 3 is 0.844 bits per heavy atom. The maximum absolute atomic E-state index is 14.9. The van der Waals surface area contributed by atoms with Gasteiger partial charge in [-0.05, 0) is 432 Å². The lowest BCUT2D eigenvalue weighted by Gasteiger charge is -2.62. The summed E-state index contributed by atoms with van der Waals surface area (Å²) in [6, 6.07) is 0. The predicted molar refractivity (Wildman–Crippen MR) is 487 cm³/mol. The average Bonchev–Trinajstić information content (AvgIpc) is 1.48. The van der Waals surface area contributed by atoms with Gasteiger partial charge in [-0.3, -0.25) is 0 Å². The third-order valence-electron chi connectivity index (χ3n) is 44.5. The summed E-state index contributed by atoms with van der Waals surface area (Å²) in [6.45, 7) is 53.2. The SMILES string of the molecule is CC(C)C(F)(F)C[C@@H](C)[C@H]1CC[C@H]2[C@@H]3CC[C@H]4C[C@@](C)(O)CC[C@]4(C)[C@H]3CC[C@]12C.CC(C)C(F)(F)C[C@@H](C)[C@H]1CC[C@H]2[C@@H]3CC[C@H]4C[C@@](C)(O)CC[C@]4(C)[C@H]3CC[C@]12C.C[C@H](CC(F)(F)C(C)(C)C)[C@H]1CC[C@H]2[C@@H]3CC=C4C[C@@](C)(O)CC[C@]4(C)[C@H]3CC[C@]12C.C[C@H](CC(F)(F)C(C)(C)C)[C@H]1CC[C@H]2[C@@H]3CC[C@H]4C[C@@](C)(O)CC[C@]4(C)[C@H]3CC[C@]12C. The highest BCUT2D eigenvalue weighted by Crippen LogP contribution is 2.75. The lowest BCUT2D eigenvalue weighted by molar-refractivity contribution is -0.152. The second-order valence-corrected chi connectivity index (χ2v) is 54.4. The zero-order chi connectivity index (χ0) is 90.3. The van der Waals surface area contributed by atoms with E-state index in [1.54, 1.807) is 69.2 Å². The number of halogens is 8. The van der Waals surface area contributed by atoms with Crippen LogP contribution < -0.4 is 0 Å². The smallest absolute Gasteiger partial charge is 0.253 e. The van der Waals surface area contributed by atoms with E-state index in [-0.39, 0.29) is 76.4 Å². The molecule has 16 aliphatic rings. The van der Waals surface area contributed by atoms with Crippen molar-refractivity contribution in [2.75, 3.05) is 0 Å². The van der Waals surface area contributed by atoms with E-state index in [2.05, 4.69) is 89.2 Å². The van der Waals surface area contributed by atoms with E-state index < -0.39 is 68.8 Å². The summed E-state index contributed by atoms with van der Waals surface area (Å²) in [5.74, 6) is 1.46. The minimum atomic E-state index is -2.62. The predicted octanol–water partition coefficient (Wildman–Crippen LogP) is 31.6. The molecule has 0 aromatic rings. The molecule has 0 saturated heterocycles. The Bertz CT molecular complexity index is 3510. The van der Waals surface area contributed by atoms with Gasteiger partial charge in [-0.25, -0.2) is 35.1 Å². The van der Waals surface area contributed by atoms with Gasteiger partial charge >= 0.3 is 0 Å². The van der Waals surface area contributed by atoms with Crippen LogP contribution in [0.1, 0.15) is 430 Å². The molecule has 0 amide bonds. The van der Waals surface area contributed by atoms with Crippen molar-refractivity contribution >= 4 is 0 Å². The lowest BCUT2D eigenvalue weighted by Crippen LogP contribution is -2.55. The number of rotatable bonds is 14. The molecule has 0 radical (unpaired) electrons. The monoisotopic (exact) mass is 1720 g/mol. The Balaban J connectivity index is 0.000000140. The fourth-order valence-corrected chi connectivity index (χ4v) is 36.3. The van der Waals surface area contributed by atoms with E-state index in [9.17, 15) is 55.5 Å². The van der Waals surface area contributed by atoms with Gasteiger partial charge in [-0.15, -0.1) is 0 Å². The maximum Gasteiger partial charge on any atom is 0.253 e. The summed E-state index contributed by atoms with van der Waals surface area (Å²) in [7, 11) is 0. The maximum atomic E-state index is 14.9. The second kappa shape index (κ2) is 33.6. The molecule has 12 heteroatoms. The molecule has 0 unspecified atom stereocenters.